The summed E-state index contributed by atoms with van der Waals surface area (Å²) >= 11 is 1.12. The van der Waals surface area contributed by atoms with E-state index in [1.165, 1.54) is 18.2 Å². The van der Waals surface area contributed by atoms with Crippen LogP contribution in [0, 0.1) is 13.8 Å². The highest BCUT2D eigenvalue weighted by atomic mass is 32.2. The van der Waals surface area contributed by atoms with Crippen LogP contribution >= 0.6 is 11.8 Å². The van der Waals surface area contributed by atoms with Crippen LogP contribution in [-0.2, 0) is 11.0 Å². The lowest BCUT2D eigenvalue weighted by Crippen LogP contribution is -2.18. The summed E-state index contributed by atoms with van der Waals surface area (Å²) in [4.78, 5) is 12.4. The zero-order valence-electron chi connectivity index (χ0n) is 16.1. The van der Waals surface area contributed by atoms with Gasteiger partial charge < -0.3 is 5.32 Å². The number of amides is 1. The third kappa shape index (κ3) is 3.72. The summed E-state index contributed by atoms with van der Waals surface area (Å²) in [5, 5.41) is 12.3. The van der Waals surface area contributed by atoms with E-state index >= 15 is 0 Å². The van der Waals surface area contributed by atoms with Gasteiger partial charge in [0.1, 0.15) is 0 Å². The molecule has 4 aromatic rings. The Balaban J connectivity index is 1.60. The van der Waals surface area contributed by atoms with Gasteiger partial charge in [-0.25, -0.2) is 0 Å². The SMILES string of the molecule is Cc1cc2nnc(SCC(=O)Nc3ccccc3C(F)(F)F)n2c2c(C)cccc12. The van der Waals surface area contributed by atoms with E-state index in [2.05, 4.69) is 15.5 Å². The fraction of sp³-hybridized carbons (Fsp3) is 0.190. The minimum absolute atomic E-state index is 0.103. The molecule has 0 radical (unpaired) electrons. The summed E-state index contributed by atoms with van der Waals surface area (Å²) < 4.78 is 41.2. The van der Waals surface area contributed by atoms with Crippen LogP contribution in [0.15, 0.2) is 53.7 Å². The maximum Gasteiger partial charge on any atom is 0.418 e. The van der Waals surface area contributed by atoms with Crippen LogP contribution in [0.25, 0.3) is 16.6 Å². The second kappa shape index (κ2) is 7.64. The zero-order valence-corrected chi connectivity index (χ0v) is 16.9. The third-order valence-electron chi connectivity index (χ3n) is 4.73. The standard InChI is InChI=1S/C21H17F3N4OS/c1-12-6-5-7-14-13(2)10-17-26-27-20(28(17)19(12)14)30-11-18(29)25-16-9-4-3-8-15(16)21(22,23)24/h3-10H,11H2,1-2H3,(H,25,29). The quantitative estimate of drug-likeness (QED) is 0.450. The summed E-state index contributed by atoms with van der Waals surface area (Å²) in [5.41, 5.74) is 2.55. The maximum atomic E-state index is 13.1. The maximum absolute atomic E-state index is 13.1. The lowest BCUT2D eigenvalue weighted by Gasteiger charge is -2.13. The summed E-state index contributed by atoms with van der Waals surface area (Å²) in [5.74, 6) is -0.657. The third-order valence-corrected chi connectivity index (χ3v) is 5.66. The minimum atomic E-state index is -4.55. The van der Waals surface area contributed by atoms with E-state index in [9.17, 15) is 18.0 Å². The molecule has 0 fully saturated rings. The minimum Gasteiger partial charge on any atom is -0.325 e. The first-order chi connectivity index (χ1) is 14.3. The summed E-state index contributed by atoms with van der Waals surface area (Å²) in [6.45, 7) is 3.98. The number of alkyl halides is 3. The predicted octanol–water partition coefficient (Wildman–Crippen LogP) is 5.25. The van der Waals surface area contributed by atoms with E-state index in [1.807, 2.05) is 42.5 Å². The van der Waals surface area contributed by atoms with Crippen molar-refractivity contribution in [2.45, 2.75) is 25.2 Å². The first-order valence-electron chi connectivity index (χ1n) is 9.08. The van der Waals surface area contributed by atoms with Crippen LogP contribution in [0.4, 0.5) is 18.9 Å². The van der Waals surface area contributed by atoms with Crippen LogP contribution in [0.3, 0.4) is 0 Å². The Labute approximate surface area is 174 Å². The molecule has 154 valence electrons. The molecule has 0 saturated carbocycles. The Hall–Kier alpha value is -3.07. The molecule has 5 nitrogen and oxygen atoms in total. The van der Waals surface area contributed by atoms with Gasteiger partial charge in [-0.3, -0.25) is 9.20 Å². The number of aromatic nitrogens is 3. The highest BCUT2D eigenvalue weighted by molar-refractivity contribution is 7.99. The van der Waals surface area contributed by atoms with Gasteiger partial charge in [0.05, 0.1) is 22.5 Å². The highest BCUT2D eigenvalue weighted by Gasteiger charge is 2.33. The molecule has 0 atom stereocenters. The van der Waals surface area contributed by atoms with Crippen molar-refractivity contribution < 1.29 is 18.0 Å². The average Bonchev–Trinajstić information content (AvgIpc) is 3.09. The Morgan fingerprint density at radius 1 is 1.07 bits per heavy atom. The second-order valence-electron chi connectivity index (χ2n) is 6.85. The van der Waals surface area contributed by atoms with Crippen LogP contribution in [0.5, 0.6) is 0 Å². The zero-order chi connectivity index (χ0) is 21.5. The van der Waals surface area contributed by atoms with Gasteiger partial charge in [-0.2, -0.15) is 13.2 Å². The van der Waals surface area contributed by atoms with Crippen molar-refractivity contribution in [2.75, 3.05) is 11.1 Å². The largest absolute Gasteiger partial charge is 0.418 e. The number of aryl methyl sites for hydroxylation is 2. The molecule has 1 N–H and O–H groups in total. The fourth-order valence-corrected chi connectivity index (χ4v) is 4.12. The van der Waals surface area contributed by atoms with Crippen molar-refractivity contribution in [1.82, 2.24) is 14.6 Å². The van der Waals surface area contributed by atoms with E-state index in [0.29, 0.717) is 10.8 Å². The molecule has 0 bridgehead atoms. The molecule has 9 heteroatoms. The molecule has 0 spiro atoms. The lowest BCUT2D eigenvalue weighted by molar-refractivity contribution is -0.137. The van der Waals surface area contributed by atoms with Gasteiger partial charge in [0.15, 0.2) is 10.8 Å². The molecule has 2 aromatic heterocycles. The molecule has 0 aliphatic carbocycles. The van der Waals surface area contributed by atoms with E-state index < -0.39 is 17.6 Å². The number of anilines is 1. The molecular formula is C21H17F3N4OS. The number of fused-ring (bicyclic) bond motifs is 3. The summed E-state index contributed by atoms with van der Waals surface area (Å²) in [6.07, 6.45) is -4.55. The van der Waals surface area contributed by atoms with E-state index in [4.69, 9.17) is 0 Å². The van der Waals surface area contributed by atoms with Crippen molar-refractivity contribution in [2.24, 2.45) is 0 Å². The van der Waals surface area contributed by atoms with Crippen molar-refractivity contribution >= 4 is 39.9 Å². The summed E-state index contributed by atoms with van der Waals surface area (Å²) in [6, 6.07) is 12.8. The molecule has 0 saturated heterocycles. The van der Waals surface area contributed by atoms with Gasteiger partial charge in [0.2, 0.25) is 5.91 Å². The van der Waals surface area contributed by atoms with Gasteiger partial charge in [-0.1, -0.05) is 42.1 Å². The molecule has 0 unspecified atom stereocenters. The Morgan fingerprint density at radius 3 is 2.60 bits per heavy atom. The van der Waals surface area contributed by atoms with Crippen molar-refractivity contribution in [3.05, 3.63) is 65.2 Å². The number of hydrogen-bond acceptors (Lipinski definition) is 4. The smallest absolute Gasteiger partial charge is 0.325 e. The van der Waals surface area contributed by atoms with Gasteiger partial charge >= 0.3 is 6.18 Å². The first kappa shape index (κ1) is 20.2. The van der Waals surface area contributed by atoms with E-state index in [-0.39, 0.29) is 11.4 Å². The van der Waals surface area contributed by atoms with Gasteiger partial charge in [-0.15, -0.1) is 10.2 Å². The van der Waals surface area contributed by atoms with Gasteiger partial charge in [0.25, 0.3) is 0 Å². The first-order valence-corrected chi connectivity index (χ1v) is 10.1. The molecular weight excluding hydrogens is 413 g/mol. The Kier molecular flexibility index (Phi) is 5.15. The number of carbonyl (C=O) groups excluding carboxylic acids is 1. The monoisotopic (exact) mass is 430 g/mol. The lowest BCUT2D eigenvalue weighted by atomic mass is 10.1. The molecule has 4 rings (SSSR count). The fourth-order valence-electron chi connectivity index (χ4n) is 3.38. The Bertz CT molecular complexity index is 1270. The normalized spacial score (nSPS) is 11.9. The van der Waals surface area contributed by atoms with E-state index in [0.717, 1.165) is 39.9 Å². The topological polar surface area (TPSA) is 59.3 Å². The molecule has 0 aliphatic rings. The number of rotatable bonds is 4. The molecule has 1 amide bonds. The molecule has 2 aromatic carbocycles. The second-order valence-corrected chi connectivity index (χ2v) is 7.80. The number of nitrogens with zero attached hydrogens (tertiary/aromatic N) is 3. The van der Waals surface area contributed by atoms with Crippen molar-refractivity contribution in [3.63, 3.8) is 0 Å². The number of para-hydroxylation sites is 2. The van der Waals surface area contributed by atoms with E-state index in [1.54, 1.807) is 0 Å². The molecule has 0 aliphatic heterocycles. The highest BCUT2D eigenvalue weighted by Crippen LogP contribution is 2.35. The van der Waals surface area contributed by atoms with Crippen LogP contribution in [-0.4, -0.2) is 26.3 Å². The van der Waals surface area contributed by atoms with Crippen LogP contribution in [0.2, 0.25) is 0 Å². The van der Waals surface area contributed by atoms with Crippen molar-refractivity contribution in [3.8, 4) is 0 Å². The van der Waals surface area contributed by atoms with Crippen molar-refractivity contribution in [1.29, 1.82) is 0 Å². The van der Waals surface area contributed by atoms with Crippen LogP contribution < -0.4 is 5.32 Å². The average molecular weight is 430 g/mol. The molecule has 2 heterocycles. The number of nitrogens with one attached hydrogen (secondary N) is 1. The number of pyridine rings is 1. The number of carbonyl (C=O) groups is 1. The number of hydrogen-bond donors (Lipinski definition) is 1. The molecule has 30 heavy (non-hydrogen) atoms. The number of halogens is 3. The predicted molar refractivity (Wildman–Crippen MR) is 111 cm³/mol. The van der Waals surface area contributed by atoms with Crippen LogP contribution in [0.1, 0.15) is 16.7 Å². The van der Waals surface area contributed by atoms with Gasteiger partial charge in [-0.05, 0) is 43.2 Å². The number of thioether (sulfide) groups is 1. The summed E-state index contributed by atoms with van der Waals surface area (Å²) in [7, 11) is 0. The number of benzene rings is 2. The van der Waals surface area contributed by atoms with Gasteiger partial charge in [0, 0.05) is 5.39 Å². The Morgan fingerprint density at radius 2 is 1.83 bits per heavy atom.